The van der Waals surface area contributed by atoms with Crippen molar-refractivity contribution in [2.75, 3.05) is 4.90 Å². The number of carbonyl (C=O) groups is 1. The van der Waals surface area contributed by atoms with Crippen molar-refractivity contribution in [1.29, 1.82) is 0 Å². The Bertz CT molecular complexity index is 1170. The molecule has 30 heavy (non-hydrogen) atoms. The lowest BCUT2D eigenvalue weighted by molar-refractivity contribution is -0.119. The molecule has 1 amide bonds. The summed E-state index contributed by atoms with van der Waals surface area (Å²) in [7, 11) is 0. The van der Waals surface area contributed by atoms with Crippen LogP contribution in [0.25, 0.3) is 0 Å². The van der Waals surface area contributed by atoms with E-state index in [4.69, 9.17) is 11.6 Å². The van der Waals surface area contributed by atoms with Gasteiger partial charge in [-0.15, -0.1) is 0 Å². The standard InChI is InChI=1S/C23H16BrClFN3O/c24-15-4-2-6-18(12-15)29-22(14-3-1-5-17(26)11-14)19-20(27-28-21(19)23(29)30)13-7-9-16(25)10-8-13/h1-12,19,21-22,28H. The number of carbonyl (C=O) groups excluding carboxylic acids is 1. The van der Waals surface area contributed by atoms with Crippen molar-refractivity contribution in [2.45, 2.75) is 12.1 Å². The molecule has 0 radical (unpaired) electrons. The smallest absolute Gasteiger partial charge is 0.252 e. The molecular weight excluding hydrogens is 469 g/mol. The number of nitrogens with one attached hydrogen (secondary N) is 1. The highest BCUT2D eigenvalue weighted by molar-refractivity contribution is 9.10. The molecule has 5 rings (SSSR count). The maximum atomic E-state index is 14.1. The fraction of sp³-hybridized carbons (Fsp3) is 0.130. The first-order valence-electron chi connectivity index (χ1n) is 9.46. The lowest BCUT2D eigenvalue weighted by Gasteiger charge is -2.29. The third-order valence-corrected chi connectivity index (χ3v) is 6.28. The maximum Gasteiger partial charge on any atom is 0.252 e. The summed E-state index contributed by atoms with van der Waals surface area (Å²) >= 11 is 9.53. The highest BCUT2D eigenvalue weighted by Gasteiger charge is 2.54. The van der Waals surface area contributed by atoms with E-state index in [1.807, 2.05) is 42.5 Å². The number of anilines is 1. The fourth-order valence-corrected chi connectivity index (χ4v) is 4.79. The lowest BCUT2D eigenvalue weighted by atomic mass is 9.85. The van der Waals surface area contributed by atoms with Gasteiger partial charge in [0.25, 0.3) is 5.91 Å². The molecule has 0 bridgehead atoms. The summed E-state index contributed by atoms with van der Waals surface area (Å²) in [5.41, 5.74) is 6.13. The molecule has 2 heterocycles. The molecule has 4 nitrogen and oxygen atoms in total. The van der Waals surface area contributed by atoms with Gasteiger partial charge in [0.1, 0.15) is 11.9 Å². The summed E-state index contributed by atoms with van der Waals surface area (Å²) in [6.07, 6.45) is 0. The third kappa shape index (κ3) is 3.20. The van der Waals surface area contributed by atoms with Crippen LogP contribution in [0.15, 0.2) is 82.4 Å². The lowest BCUT2D eigenvalue weighted by Crippen LogP contribution is -2.35. The summed E-state index contributed by atoms with van der Waals surface area (Å²) in [6.45, 7) is 0. The predicted molar refractivity (Wildman–Crippen MR) is 119 cm³/mol. The number of hydrogen-bond donors (Lipinski definition) is 1. The van der Waals surface area contributed by atoms with E-state index in [0.29, 0.717) is 5.02 Å². The third-order valence-electron chi connectivity index (χ3n) is 5.54. The minimum absolute atomic E-state index is 0.0972. The number of nitrogens with zero attached hydrogens (tertiary/aromatic N) is 2. The minimum Gasteiger partial charge on any atom is -0.302 e. The van der Waals surface area contributed by atoms with E-state index in [1.165, 1.54) is 12.1 Å². The number of fused-ring (bicyclic) bond motifs is 1. The van der Waals surface area contributed by atoms with E-state index in [2.05, 4.69) is 26.5 Å². The molecule has 1 saturated heterocycles. The number of hydrazone groups is 1. The minimum atomic E-state index is -0.525. The highest BCUT2D eigenvalue weighted by atomic mass is 79.9. The van der Waals surface area contributed by atoms with Crippen molar-refractivity contribution in [3.05, 3.63) is 99.2 Å². The van der Waals surface area contributed by atoms with Crippen LogP contribution in [0.2, 0.25) is 5.02 Å². The van der Waals surface area contributed by atoms with Crippen LogP contribution in [0.3, 0.4) is 0 Å². The molecule has 3 aromatic carbocycles. The zero-order valence-corrected chi connectivity index (χ0v) is 17.9. The van der Waals surface area contributed by atoms with Gasteiger partial charge in [0.05, 0.1) is 17.7 Å². The van der Waals surface area contributed by atoms with Gasteiger partial charge in [-0.3, -0.25) is 10.2 Å². The van der Waals surface area contributed by atoms with Crippen molar-refractivity contribution in [3.63, 3.8) is 0 Å². The first-order valence-corrected chi connectivity index (χ1v) is 10.6. The molecule has 150 valence electrons. The zero-order chi connectivity index (χ0) is 20.8. The fourth-order valence-electron chi connectivity index (χ4n) is 4.28. The van der Waals surface area contributed by atoms with Gasteiger partial charge in [-0.25, -0.2) is 4.39 Å². The summed E-state index contributed by atoms with van der Waals surface area (Å²) in [5, 5.41) is 5.11. The van der Waals surface area contributed by atoms with Crippen LogP contribution in [0.4, 0.5) is 10.1 Å². The van der Waals surface area contributed by atoms with Crippen LogP contribution >= 0.6 is 27.5 Å². The van der Waals surface area contributed by atoms with Gasteiger partial charge in [-0.2, -0.15) is 5.10 Å². The van der Waals surface area contributed by atoms with Crippen molar-refractivity contribution in [1.82, 2.24) is 5.43 Å². The molecule has 3 unspecified atom stereocenters. The molecule has 7 heteroatoms. The second-order valence-electron chi connectivity index (χ2n) is 7.32. The zero-order valence-electron chi connectivity index (χ0n) is 15.6. The summed E-state index contributed by atoms with van der Waals surface area (Å²) in [6, 6.07) is 20.4. The molecule has 0 spiro atoms. The summed E-state index contributed by atoms with van der Waals surface area (Å²) < 4.78 is 15.0. The normalized spacial score (nSPS) is 22.6. The van der Waals surface area contributed by atoms with E-state index >= 15 is 0 Å². The van der Waals surface area contributed by atoms with Gasteiger partial charge in [-0.1, -0.05) is 57.9 Å². The number of amides is 1. The van der Waals surface area contributed by atoms with Crippen LogP contribution in [0.1, 0.15) is 17.2 Å². The molecule has 1 N–H and O–H groups in total. The van der Waals surface area contributed by atoms with Gasteiger partial charge in [0.15, 0.2) is 0 Å². The van der Waals surface area contributed by atoms with Crippen LogP contribution in [-0.2, 0) is 4.79 Å². The molecule has 3 aromatic rings. The summed E-state index contributed by atoms with van der Waals surface area (Å²) in [4.78, 5) is 15.2. The van der Waals surface area contributed by atoms with E-state index in [1.54, 1.807) is 23.1 Å². The van der Waals surface area contributed by atoms with Gasteiger partial charge >= 0.3 is 0 Å². The van der Waals surface area contributed by atoms with Crippen molar-refractivity contribution in [2.24, 2.45) is 11.0 Å². The second kappa shape index (κ2) is 7.52. The predicted octanol–water partition coefficient (Wildman–Crippen LogP) is 5.32. The second-order valence-corrected chi connectivity index (χ2v) is 8.68. The number of halogens is 3. The van der Waals surface area contributed by atoms with Crippen molar-refractivity contribution < 1.29 is 9.18 Å². The van der Waals surface area contributed by atoms with Crippen LogP contribution in [0, 0.1) is 11.7 Å². The Morgan fingerprint density at radius 1 is 1.03 bits per heavy atom. The Kier molecular flexibility index (Phi) is 4.83. The Balaban J connectivity index is 1.66. The Morgan fingerprint density at radius 3 is 2.53 bits per heavy atom. The Morgan fingerprint density at radius 2 is 1.80 bits per heavy atom. The van der Waals surface area contributed by atoms with Crippen LogP contribution < -0.4 is 10.3 Å². The van der Waals surface area contributed by atoms with Crippen LogP contribution in [0.5, 0.6) is 0 Å². The SMILES string of the molecule is O=C1C2NN=C(c3ccc(Cl)cc3)C2C(c2cccc(F)c2)N1c1cccc(Br)c1. The van der Waals surface area contributed by atoms with E-state index in [0.717, 1.165) is 27.0 Å². The van der Waals surface area contributed by atoms with Crippen molar-refractivity contribution >= 4 is 44.8 Å². The van der Waals surface area contributed by atoms with Gasteiger partial charge in [0, 0.05) is 15.2 Å². The van der Waals surface area contributed by atoms with Crippen molar-refractivity contribution in [3.8, 4) is 0 Å². The average Bonchev–Trinajstić information content (AvgIpc) is 3.28. The first kappa shape index (κ1) is 19.3. The Labute approximate surface area is 186 Å². The molecule has 2 aliphatic rings. The highest BCUT2D eigenvalue weighted by Crippen LogP contribution is 2.45. The van der Waals surface area contributed by atoms with E-state index in [9.17, 15) is 9.18 Å². The van der Waals surface area contributed by atoms with E-state index < -0.39 is 12.1 Å². The largest absolute Gasteiger partial charge is 0.302 e. The molecular formula is C23H16BrClFN3O. The molecule has 0 aromatic heterocycles. The molecule has 2 aliphatic heterocycles. The van der Waals surface area contributed by atoms with Gasteiger partial charge in [-0.05, 0) is 53.6 Å². The molecule has 1 fully saturated rings. The van der Waals surface area contributed by atoms with Crippen LogP contribution in [-0.4, -0.2) is 17.7 Å². The quantitative estimate of drug-likeness (QED) is 0.547. The Hall–Kier alpha value is -2.70. The monoisotopic (exact) mass is 483 g/mol. The van der Waals surface area contributed by atoms with Gasteiger partial charge in [0.2, 0.25) is 0 Å². The first-order chi connectivity index (χ1) is 14.5. The van der Waals surface area contributed by atoms with E-state index in [-0.39, 0.29) is 17.6 Å². The average molecular weight is 485 g/mol. The number of rotatable bonds is 3. The molecule has 3 atom stereocenters. The number of hydrogen-bond acceptors (Lipinski definition) is 3. The molecule has 0 aliphatic carbocycles. The summed E-state index contributed by atoms with van der Waals surface area (Å²) in [5.74, 6) is -0.715. The maximum absolute atomic E-state index is 14.1. The van der Waals surface area contributed by atoms with Gasteiger partial charge < -0.3 is 4.90 Å². The number of benzene rings is 3. The topological polar surface area (TPSA) is 44.7 Å². The molecule has 0 saturated carbocycles.